The third-order valence-electron chi connectivity index (χ3n) is 4.30. The number of nitro groups is 1. The standard InChI is InChI=1S/C20H18N4O4/c1-13-10-16(12-21-22-17-6-8-18(9-7-17)24(27)28)14(2)23(13)19-5-3-4-15(11-19)20(25)26/h3-12,22H,1-2H3,(H,25,26)/b21-12+. The molecule has 142 valence electrons. The molecule has 1 aromatic heterocycles. The molecule has 8 nitrogen and oxygen atoms in total. The summed E-state index contributed by atoms with van der Waals surface area (Å²) < 4.78 is 1.96. The van der Waals surface area contributed by atoms with Gasteiger partial charge < -0.3 is 9.67 Å². The van der Waals surface area contributed by atoms with E-state index < -0.39 is 10.9 Å². The number of nitro benzene ring substituents is 1. The van der Waals surface area contributed by atoms with Crippen molar-refractivity contribution >= 4 is 23.6 Å². The molecule has 0 fully saturated rings. The van der Waals surface area contributed by atoms with Gasteiger partial charge in [-0.2, -0.15) is 5.10 Å². The second kappa shape index (κ2) is 7.75. The minimum atomic E-state index is -0.974. The molecule has 0 amide bonds. The van der Waals surface area contributed by atoms with Crippen molar-refractivity contribution in [3.8, 4) is 5.69 Å². The zero-order valence-electron chi connectivity index (χ0n) is 15.3. The summed E-state index contributed by atoms with van der Waals surface area (Å²) in [5.41, 5.74) is 7.19. The monoisotopic (exact) mass is 378 g/mol. The molecule has 3 rings (SSSR count). The number of aromatic carboxylic acids is 1. The zero-order valence-corrected chi connectivity index (χ0v) is 15.3. The first-order valence-electron chi connectivity index (χ1n) is 8.43. The first-order chi connectivity index (χ1) is 13.4. The number of hydrogen-bond donors (Lipinski definition) is 2. The van der Waals surface area contributed by atoms with Gasteiger partial charge in [-0.05, 0) is 50.2 Å². The largest absolute Gasteiger partial charge is 0.478 e. The van der Waals surface area contributed by atoms with E-state index >= 15 is 0 Å². The van der Waals surface area contributed by atoms with Crippen molar-refractivity contribution in [1.29, 1.82) is 0 Å². The number of aryl methyl sites for hydroxylation is 1. The maximum atomic E-state index is 11.2. The van der Waals surface area contributed by atoms with Crippen LogP contribution in [0.15, 0.2) is 59.7 Å². The molecule has 1 heterocycles. The summed E-state index contributed by atoms with van der Waals surface area (Å²) in [7, 11) is 0. The van der Waals surface area contributed by atoms with E-state index in [1.165, 1.54) is 12.1 Å². The van der Waals surface area contributed by atoms with Crippen molar-refractivity contribution in [2.45, 2.75) is 13.8 Å². The second-order valence-electron chi connectivity index (χ2n) is 6.19. The lowest BCUT2D eigenvalue weighted by molar-refractivity contribution is -0.384. The van der Waals surface area contributed by atoms with Crippen LogP contribution in [-0.2, 0) is 0 Å². The molecule has 0 saturated heterocycles. The van der Waals surface area contributed by atoms with E-state index in [0.29, 0.717) is 5.69 Å². The van der Waals surface area contributed by atoms with Crippen LogP contribution in [0.5, 0.6) is 0 Å². The lowest BCUT2D eigenvalue weighted by Gasteiger charge is -2.10. The number of nitrogens with zero attached hydrogens (tertiary/aromatic N) is 3. The van der Waals surface area contributed by atoms with Crippen molar-refractivity contribution in [2.24, 2.45) is 5.10 Å². The van der Waals surface area contributed by atoms with Crippen molar-refractivity contribution in [3.05, 3.63) is 87.2 Å². The summed E-state index contributed by atoms with van der Waals surface area (Å²) in [4.78, 5) is 21.4. The number of non-ortho nitro benzene ring substituents is 1. The van der Waals surface area contributed by atoms with Crippen molar-refractivity contribution < 1.29 is 14.8 Å². The first kappa shape index (κ1) is 18.8. The quantitative estimate of drug-likeness (QED) is 0.380. The fraction of sp³-hybridized carbons (Fsp3) is 0.100. The number of nitrogens with one attached hydrogen (secondary N) is 1. The Morgan fingerprint density at radius 3 is 2.54 bits per heavy atom. The highest BCUT2D eigenvalue weighted by Gasteiger charge is 2.11. The molecular weight excluding hydrogens is 360 g/mol. The van der Waals surface area contributed by atoms with E-state index in [4.69, 9.17) is 0 Å². The first-order valence-corrected chi connectivity index (χ1v) is 8.43. The minimum Gasteiger partial charge on any atom is -0.478 e. The van der Waals surface area contributed by atoms with Crippen LogP contribution < -0.4 is 5.43 Å². The Bertz CT molecular complexity index is 1070. The van der Waals surface area contributed by atoms with E-state index in [1.807, 2.05) is 30.5 Å². The summed E-state index contributed by atoms with van der Waals surface area (Å²) in [5.74, 6) is -0.974. The highest BCUT2D eigenvalue weighted by atomic mass is 16.6. The second-order valence-corrected chi connectivity index (χ2v) is 6.19. The summed E-state index contributed by atoms with van der Waals surface area (Å²) in [6.45, 7) is 3.86. The van der Waals surface area contributed by atoms with E-state index in [1.54, 1.807) is 36.5 Å². The number of carboxylic acids is 1. The van der Waals surface area contributed by atoms with Crippen LogP contribution in [0.4, 0.5) is 11.4 Å². The summed E-state index contributed by atoms with van der Waals surface area (Å²) in [6.07, 6.45) is 1.65. The summed E-state index contributed by atoms with van der Waals surface area (Å²) in [5, 5.41) is 24.1. The lowest BCUT2D eigenvalue weighted by Crippen LogP contribution is -2.03. The van der Waals surface area contributed by atoms with Gasteiger partial charge in [0.1, 0.15) is 0 Å². The maximum Gasteiger partial charge on any atom is 0.335 e. The fourth-order valence-electron chi connectivity index (χ4n) is 2.93. The van der Waals surface area contributed by atoms with Gasteiger partial charge in [0.2, 0.25) is 0 Å². The van der Waals surface area contributed by atoms with Crippen LogP contribution in [0, 0.1) is 24.0 Å². The molecular formula is C20H18N4O4. The number of rotatable bonds is 6. The average molecular weight is 378 g/mol. The van der Waals surface area contributed by atoms with Gasteiger partial charge in [-0.25, -0.2) is 4.79 Å². The molecule has 2 aromatic carbocycles. The number of hydrazone groups is 1. The number of benzene rings is 2. The number of carboxylic acid groups (broad SMARTS) is 1. The molecule has 0 aliphatic rings. The fourth-order valence-corrected chi connectivity index (χ4v) is 2.93. The molecule has 0 radical (unpaired) electrons. The predicted molar refractivity (Wildman–Crippen MR) is 107 cm³/mol. The molecule has 28 heavy (non-hydrogen) atoms. The van der Waals surface area contributed by atoms with Crippen LogP contribution in [0.3, 0.4) is 0 Å². The van der Waals surface area contributed by atoms with Gasteiger partial charge in [0.25, 0.3) is 5.69 Å². The summed E-state index contributed by atoms with van der Waals surface area (Å²) >= 11 is 0. The average Bonchev–Trinajstić information content (AvgIpc) is 2.95. The molecule has 0 aliphatic carbocycles. The molecule has 8 heteroatoms. The Balaban J connectivity index is 1.81. The molecule has 0 bridgehead atoms. The van der Waals surface area contributed by atoms with Crippen LogP contribution in [0.2, 0.25) is 0 Å². The van der Waals surface area contributed by atoms with Crippen LogP contribution >= 0.6 is 0 Å². The van der Waals surface area contributed by atoms with Crippen LogP contribution in [0.25, 0.3) is 5.69 Å². The maximum absolute atomic E-state index is 11.2. The lowest BCUT2D eigenvalue weighted by atomic mass is 10.2. The smallest absolute Gasteiger partial charge is 0.335 e. The SMILES string of the molecule is Cc1cc(/C=N/Nc2ccc([N+](=O)[O-])cc2)c(C)n1-c1cccc(C(=O)O)c1. The van der Waals surface area contributed by atoms with Crippen LogP contribution in [-0.4, -0.2) is 26.8 Å². The van der Waals surface area contributed by atoms with E-state index in [2.05, 4.69) is 10.5 Å². The van der Waals surface area contributed by atoms with Crippen molar-refractivity contribution in [2.75, 3.05) is 5.43 Å². The van der Waals surface area contributed by atoms with Gasteiger partial charge in [-0.15, -0.1) is 0 Å². The number of carbonyl (C=O) groups is 1. The highest BCUT2D eigenvalue weighted by molar-refractivity contribution is 5.88. The third-order valence-corrected chi connectivity index (χ3v) is 4.30. The van der Waals surface area contributed by atoms with Gasteiger partial charge in [0.15, 0.2) is 0 Å². The molecule has 0 aliphatic heterocycles. The molecule has 0 spiro atoms. The normalized spacial score (nSPS) is 10.9. The predicted octanol–water partition coefficient (Wildman–Crippen LogP) is 4.15. The van der Waals surface area contributed by atoms with E-state index in [0.717, 1.165) is 22.6 Å². The Morgan fingerprint density at radius 1 is 1.18 bits per heavy atom. The van der Waals surface area contributed by atoms with Gasteiger partial charge >= 0.3 is 5.97 Å². The Kier molecular flexibility index (Phi) is 5.21. The third kappa shape index (κ3) is 3.90. The van der Waals surface area contributed by atoms with Crippen LogP contribution in [0.1, 0.15) is 27.3 Å². The molecule has 2 N–H and O–H groups in total. The molecule has 3 aromatic rings. The highest BCUT2D eigenvalue weighted by Crippen LogP contribution is 2.21. The summed E-state index contributed by atoms with van der Waals surface area (Å²) in [6, 6.07) is 14.6. The molecule has 0 atom stereocenters. The van der Waals surface area contributed by atoms with E-state index in [-0.39, 0.29) is 11.3 Å². The zero-order chi connectivity index (χ0) is 20.3. The van der Waals surface area contributed by atoms with Crippen molar-refractivity contribution in [3.63, 3.8) is 0 Å². The van der Waals surface area contributed by atoms with Gasteiger partial charge in [-0.1, -0.05) is 6.07 Å². The van der Waals surface area contributed by atoms with Gasteiger partial charge in [-0.3, -0.25) is 15.5 Å². The Labute approximate surface area is 160 Å². The van der Waals surface area contributed by atoms with Gasteiger partial charge in [0.05, 0.1) is 22.4 Å². The topological polar surface area (TPSA) is 110 Å². The Hall–Kier alpha value is -3.94. The number of aromatic nitrogens is 1. The number of anilines is 1. The van der Waals surface area contributed by atoms with Crippen molar-refractivity contribution in [1.82, 2.24) is 4.57 Å². The minimum absolute atomic E-state index is 0.0154. The molecule has 0 saturated carbocycles. The van der Waals surface area contributed by atoms with Gasteiger partial charge in [0, 0.05) is 34.8 Å². The Morgan fingerprint density at radius 2 is 1.89 bits per heavy atom. The van der Waals surface area contributed by atoms with E-state index in [9.17, 15) is 20.0 Å². The number of hydrogen-bond acceptors (Lipinski definition) is 5. The molecule has 0 unspecified atom stereocenters.